The highest BCUT2D eigenvalue weighted by Gasteiger charge is 2.11. The van der Waals surface area contributed by atoms with Gasteiger partial charge in [-0.2, -0.15) is 0 Å². The van der Waals surface area contributed by atoms with Crippen molar-refractivity contribution in [2.24, 2.45) is 0 Å². The van der Waals surface area contributed by atoms with Gasteiger partial charge in [0.25, 0.3) is 0 Å². The fourth-order valence-corrected chi connectivity index (χ4v) is 1.69. The van der Waals surface area contributed by atoms with Crippen molar-refractivity contribution in [3.05, 3.63) is 33.8 Å². The van der Waals surface area contributed by atoms with E-state index in [1.165, 1.54) is 0 Å². The van der Waals surface area contributed by atoms with Gasteiger partial charge < -0.3 is 15.1 Å². The summed E-state index contributed by atoms with van der Waals surface area (Å²) in [6.07, 6.45) is -0.633. The summed E-state index contributed by atoms with van der Waals surface area (Å²) in [7, 11) is 1.83. The minimum absolute atomic E-state index is 0.0740. The van der Waals surface area contributed by atoms with Gasteiger partial charge in [-0.3, -0.25) is 0 Å². The first kappa shape index (κ1) is 13.7. The van der Waals surface area contributed by atoms with E-state index in [2.05, 4.69) is 0 Å². The number of hydrogen-bond acceptors (Lipinski definition) is 3. The Morgan fingerprint density at radius 2 is 2.00 bits per heavy atom. The molecule has 90 valence electrons. The monoisotopic (exact) mass is 263 g/mol. The van der Waals surface area contributed by atoms with E-state index in [1.54, 1.807) is 18.2 Å². The molecule has 0 radical (unpaired) electrons. The second-order valence-corrected chi connectivity index (χ2v) is 4.49. The van der Waals surface area contributed by atoms with Crippen molar-refractivity contribution in [2.45, 2.75) is 6.10 Å². The lowest BCUT2D eigenvalue weighted by Gasteiger charge is -2.19. The fourth-order valence-electron chi connectivity index (χ4n) is 1.38. The molecule has 1 aromatic rings. The lowest BCUT2D eigenvalue weighted by atomic mass is 10.1. The highest BCUT2D eigenvalue weighted by molar-refractivity contribution is 6.42. The molecule has 0 aliphatic carbocycles. The van der Waals surface area contributed by atoms with E-state index in [9.17, 15) is 5.11 Å². The molecule has 3 nitrogen and oxygen atoms in total. The lowest BCUT2D eigenvalue weighted by Crippen LogP contribution is -2.27. The van der Waals surface area contributed by atoms with Crippen molar-refractivity contribution >= 4 is 23.2 Å². The van der Waals surface area contributed by atoms with Crippen LogP contribution in [-0.2, 0) is 0 Å². The molecule has 0 fully saturated rings. The Labute approximate surface area is 105 Å². The van der Waals surface area contributed by atoms with Gasteiger partial charge in [0.15, 0.2) is 0 Å². The van der Waals surface area contributed by atoms with Crippen LogP contribution in [0.1, 0.15) is 11.7 Å². The Morgan fingerprint density at radius 1 is 1.31 bits per heavy atom. The first-order valence-corrected chi connectivity index (χ1v) is 5.72. The number of rotatable bonds is 5. The summed E-state index contributed by atoms with van der Waals surface area (Å²) in [6, 6.07) is 5.06. The highest BCUT2D eigenvalue weighted by Crippen LogP contribution is 2.25. The Bertz CT molecular complexity index is 347. The predicted molar refractivity (Wildman–Crippen MR) is 66.0 cm³/mol. The van der Waals surface area contributed by atoms with Crippen LogP contribution in [0.2, 0.25) is 10.0 Å². The molecular weight excluding hydrogens is 249 g/mol. The van der Waals surface area contributed by atoms with Gasteiger partial charge in [-0.25, -0.2) is 0 Å². The highest BCUT2D eigenvalue weighted by atomic mass is 35.5. The van der Waals surface area contributed by atoms with Crippen molar-refractivity contribution in [1.29, 1.82) is 0 Å². The molecule has 1 unspecified atom stereocenters. The standard InChI is InChI=1S/C11H15Cl2NO2/c1-14(4-5-15)7-11(16)8-2-3-9(12)10(13)6-8/h2-3,6,11,15-16H,4-5,7H2,1H3. The maximum absolute atomic E-state index is 9.91. The van der Waals surface area contributed by atoms with Gasteiger partial charge in [-0.1, -0.05) is 29.3 Å². The fraction of sp³-hybridized carbons (Fsp3) is 0.455. The van der Waals surface area contributed by atoms with Gasteiger partial charge in [-0.05, 0) is 24.7 Å². The quantitative estimate of drug-likeness (QED) is 0.854. The molecule has 0 spiro atoms. The van der Waals surface area contributed by atoms with Gasteiger partial charge in [-0.15, -0.1) is 0 Å². The van der Waals surface area contributed by atoms with Gasteiger partial charge >= 0.3 is 0 Å². The molecule has 5 heteroatoms. The van der Waals surface area contributed by atoms with Crippen LogP contribution in [0.5, 0.6) is 0 Å². The SMILES string of the molecule is CN(CCO)CC(O)c1ccc(Cl)c(Cl)c1. The lowest BCUT2D eigenvalue weighted by molar-refractivity contribution is 0.115. The summed E-state index contributed by atoms with van der Waals surface area (Å²) in [6.45, 7) is 1.04. The Hall–Kier alpha value is -0.320. The topological polar surface area (TPSA) is 43.7 Å². The van der Waals surface area contributed by atoms with Crippen LogP contribution in [0.25, 0.3) is 0 Å². The van der Waals surface area contributed by atoms with Crippen LogP contribution in [0.4, 0.5) is 0 Å². The van der Waals surface area contributed by atoms with Crippen LogP contribution >= 0.6 is 23.2 Å². The van der Waals surface area contributed by atoms with Crippen LogP contribution in [-0.4, -0.2) is 41.9 Å². The Kier molecular flexibility index (Phi) is 5.52. The van der Waals surface area contributed by atoms with Crippen LogP contribution in [0, 0.1) is 0 Å². The number of aliphatic hydroxyl groups is 2. The van der Waals surface area contributed by atoms with Crippen molar-refractivity contribution in [1.82, 2.24) is 4.90 Å². The zero-order chi connectivity index (χ0) is 12.1. The molecular formula is C11H15Cl2NO2. The van der Waals surface area contributed by atoms with Gasteiger partial charge in [0, 0.05) is 13.1 Å². The maximum atomic E-state index is 9.91. The Balaban J connectivity index is 2.65. The third-order valence-corrected chi connectivity index (χ3v) is 3.03. The summed E-state index contributed by atoms with van der Waals surface area (Å²) in [5.74, 6) is 0. The molecule has 2 N–H and O–H groups in total. The Morgan fingerprint density at radius 3 is 2.56 bits per heavy atom. The molecule has 0 aliphatic heterocycles. The minimum Gasteiger partial charge on any atom is -0.395 e. The van der Waals surface area contributed by atoms with E-state index in [0.29, 0.717) is 23.1 Å². The average molecular weight is 264 g/mol. The number of benzene rings is 1. The predicted octanol–water partition coefficient (Wildman–Crippen LogP) is 1.95. The summed E-state index contributed by atoms with van der Waals surface area (Å²) in [5, 5.41) is 19.6. The molecule has 0 amide bonds. The summed E-state index contributed by atoms with van der Waals surface area (Å²) < 4.78 is 0. The smallest absolute Gasteiger partial charge is 0.0917 e. The number of likely N-dealkylation sites (N-methyl/N-ethyl adjacent to an activating group) is 1. The van der Waals surface area contributed by atoms with Crippen LogP contribution in [0.3, 0.4) is 0 Å². The van der Waals surface area contributed by atoms with Gasteiger partial charge in [0.05, 0.1) is 22.8 Å². The van der Waals surface area contributed by atoms with Crippen molar-refractivity contribution in [3.8, 4) is 0 Å². The molecule has 0 heterocycles. The van der Waals surface area contributed by atoms with E-state index in [4.69, 9.17) is 28.3 Å². The van der Waals surface area contributed by atoms with Gasteiger partial charge in [0.1, 0.15) is 0 Å². The van der Waals surface area contributed by atoms with Crippen LogP contribution < -0.4 is 0 Å². The number of aliphatic hydroxyl groups excluding tert-OH is 2. The second kappa shape index (κ2) is 6.42. The molecule has 0 saturated heterocycles. The van der Waals surface area contributed by atoms with E-state index in [-0.39, 0.29) is 6.61 Å². The molecule has 0 aromatic heterocycles. The molecule has 0 bridgehead atoms. The molecule has 0 aliphatic rings. The van der Waals surface area contributed by atoms with E-state index >= 15 is 0 Å². The maximum Gasteiger partial charge on any atom is 0.0917 e. The molecule has 0 saturated carbocycles. The largest absolute Gasteiger partial charge is 0.395 e. The first-order valence-electron chi connectivity index (χ1n) is 4.97. The normalized spacial score (nSPS) is 13.1. The van der Waals surface area contributed by atoms with Gasteiger partial charge in [0.2, 0.25) is 0 Å². The summed E-state index contributed by atoms with van der Waals surface area (Å²) in [5.41, 5.74) is 0.721. The summed E-state index contributed by atoms with van der Waals surface area (Å²) >= 11 is 11.6. The minimum atomic E-state index is -0.633. The number of hydrogen-bond donors (Lipinski definition) is 2. The van der Waals surface area contributed by atoms with Crippen molar-refractivity contribution in [2.75, 3.05) is 26.7 Å². The molecule has 16 heavy (non-hydrogen) atoms. The molecule has 1 aromatic carbocycles. The number of halogens is 2. The van der Waals surface area contributed by atoms with Crippen molar-refractivity contribution in [3.63, 3.8) is 0 Å². The van der Waals surface area contributed by atoms with Crippen LogP contribution in [0.15, 0.2) is 18.2 Å². The summed E-state index contributed by atoms with van der Waals surface area (Å²) in [4.78, 5) is 1.84. The third kappa shape index (κ3) is 3.92. The third-order valence-electron chi connectivity index (χ3n) is 2.29. The second-order valence-electron chi connectivity index (χ2n) is 3.68. The zero-order valence-corrected chi connectivity index (χ0v) is 10.5. The van der Waals surface area contributed by atoms with Crippen molar-refractivity contribution < 1.29 is 10.2 Å². The molecule has 1 atom stereocenters. The van der Waals surface area contributed by atoms with E-state index < -0.39 is 6.10 Å². The molecule has 1 rings (SSSR count). The number of nitrogens with zero attached hydrogens (tertiary/aromatic N) is 1. The zero-order valence-electron chi connectivity index (χ0n) is 9.03. The first-order chi connectivity index (χ1) is 7.54. The van der Waals surface area contributed by atoms with E-state index in [0.717, 1.165) is 5.56 Å². The average Bonchev–Trinajstić information content (AvgIpc) is 2.22. The van der Waals surface area contributed by atoms with E-state index in [1.807, 2.05) is 11.9 Å².